The highest BCUT2D eigenvalue weighted by atomic mass is 19.1. The Kier molecular flexibility index (Phi) is 6.20. The first-order valence-electron chi connectivity index (χ1n) is 9.89. The number of phenols is 2. The second kappa shape index (κ2) is 8.68. The number of rotatable bonds is 5. The summed E-state index contributed by atoms with van der Waals surface area (Å²) in [6.45, 7) is 7.56. The molecule has 3 rings (SSSR count). The van der Waals surface area contributed by atoms with E-state index in [1.165, 1.54) is 24.3 Å². The number of hydrogen-bond acceptors (Lipinski definition) is 5. The van der Waals surface area contributed by atoms with Crippen LogP contribution in [0.4, 0.5) is 4.39 Å². The molecule has 1 heterocycles. The summed E-state index contributed by atoms with van der Waals surface area (Å²) >= 11 is 0. The normalized spacial score (nSPS) is 10.9. The van der Waals surface area contributed by atoms with Gasteiger partial charge >= 0.3 is 0 Å². The summed E-state index contributed by atoms with van der Waals surface area (Å²) in [7, 11) is 0. The van der Waals surface area contributed by atoms with E-state index >= 15 is 0 Å². The Labute approximate surface area is 179 Å². The Hall–Kier alpha value is -3.54. The number of allylic oxidation sites excluding steroid dienone is 4. The lowest BCUT2D eigenvalue weighted by molar-refractivity contribution is 0.430. The molecule has 3 aromatic rings. The van der Waals surface area contributed by atoms with Crippen molar-refractivity contribution in [2.75, 3.05) is 0 Å². The first kappa shape index (κ1) is 22.2. The zero-order valence-corrected chi connectivity index (χ0v) is 17.9. The minimum atomic E-state index is -0.824. The van der Waals surface area contributed by atoms with Crippen molar-refractivity contribution in [2.45, 2.75) is 40.5 Å². The van der Waals surface area contributed by atoms with Crippen LogP contribution in [0.5, 0.6) is 17.2 Å². The number of hydrogen-bond donors (Lipinski definition) is 3. The molecule has 0 saturated heterocycles. The fourth-order valence-electron chi connectivity index (χ4n) is 3.30. The Morgan fingerprint density at radius 1 is 0.871 bits per heavy atom. The predicted octanol–water partition coefficient (Wildman–Crippen LogP) is 5.73. The Morgan fingerprint density at radius 3 is 1.97 bits per heavy atom. The molecule has 0 bridgehead atoms. The van der Waals surface area contributed by atoms with E-state index in [1.54, 1.807) is 0 Å². The van der Waals surface area contributed by atoms with Gasteiger partial charge in [-0.05, 0) is 64.8 Å². The van der Waals surface area contributed by atoms with Crippen LogP contribution in [0.3, 0.4) is 0 Å². The van der Waals surface area contributed by atoms with Crippen LogP contribution in [-0.4, -0.2) is 15.3 Å². The minimum absolute atomic E-state index is 0.0180. The molecular formula is C25H25FO5. The first-order chi connectivity index (χ1) is 14.6. The van der Waals surface area contributed by atoms with Crippen molar-refractivity contribution in [1.29, 1.82) is 0 Å². The van der Waals surface area contributed by atoms with Crippen molar-refractivity contribution in [1.82, 2.24) is 0 Å². The third-order valence-corrected chi connectivity index (χ3v) is 4.99. The van der Waals surface area contributed by atoms with Crippen molar-refractivity contribution >= 4 is 11.0 Å². The third-order valence-electron chi connectivity index (χ3n) is 4.99. The lowest BCUT2D eigenvalue weighted by Gasteiger charge is -2.15. The smallest absolute Gasteiger partial charge is 0.238 e. The standard InChI is InChI=1S/C25H25FO5/c1-13(2)5-11-17-20(27)18(12-6-14(3)4)25-19(21(17)28)22(29)23(30)24(31-25)15-7-9-16(26)10-8-15/h5-10,27-28,30H,11-12H2,1-4H3. The largest absolute Gasteiger partial charge is 0.507 e. The van der Waals surface area contributed by atoms with Gasteiger partial charge in [-0.25, -0.2) is 4.39 Å². The fourth-order valence-corrected chi connectivity index (χ4v) is 3.30. The highest BCUT2D eigenvalue weighted by molar-refractivity contribution is 5.93. The van der Waals surface area contributed by atoms with Crippen molar-refractivity contribution in [3.63, 3.8) is 0 Å². The average Bonchev–Trinajstić information content (AvgIpc) is 2.70. The van der Waals surface area contributed by atoms with E-state index < -0.39 is 22.7 Å². The number of halogens is 1. The molecule has 0 fully saturated rings. The van der Waals surface area contributed by atoms with Gasteiger partial charge in [0.1, 0.15) is 28.3 Å². The lowest BCUT2D eigenvalue weighted by Crippen LogP contribution is -2.06. The van der Waals surface area contributed by atoms with Gasteiger partial charge in [0, 0.05) is 16.7 Å². The molecule has 0 aliphatic carbocycles. The van der Waals surface area contributed by atoms with E-state index in [2.05, 4.69) is 0 Å². The minimum Gasteiger partial charge on any atom is -0.507 e. The maximum atomic E-state index is 13.3. The van der Waals surface area contributed by atoms with Gasteiger partial charge in [0.05, 0.1) is 0 Å². The molecule has 5 nitrogen and oxygen atoms in total. The summed E-state index contributed by atoms with van der Waals surface area (Å²) < 4.78 is 19.2. The van der Waals surface area contributed by atoms with Gasteiger partial charge in [-0.2, -0.15) is 0 Å². The van der Waals surface area contributed by atoms with E-state index in [-0.39, 0.29) is 40.9 Å². The molecule has 31 heavy (non-hydrogen) atoms. The second-order valence-corrected chi connectivity index (χ2v) is 7.95. The van der Waals surface area contributed by atoms with Crippen molar-refractivity contribution in [3.05, 3.63) is 74.7 Å². The van der Waals surface area contributed by atoms with Crippen LogP contribution in [0.2, 0.25) is 0 Å². The second-order valence-electron chi connectivity index (χ2n) is 7.95. The molecule has 6 heteroatoms. The topological polar surface area (TPSA) is 90.9 Å². The monoisotopic (exact) mass is 424 g/mol. The summed E-state index contributed by atoms with van der Waals surface area (Å²) in [6, 6.07) is 5.11. The van der Waals surface area contributed by atoms with Gasteiger partial charge in [-0.1, -0.05) is 23.3 Å². The molecule has 0 atom stereocenters. The van der Waals surface area contributed by atoms with Crippen LogP contribution in [0, 0.1) is 5.82 Å². The first-order valence-corrected chi connectivity index (χ1v) is 9.89. The molecule has 1 aromatic heterocycles. The maximum Gasteiger partial charge on any atom is 0.238 e. The SMILES string of the molecule is CC(C)=CCc1c(O)c(CC=C(C)C)c2oc(-c3ccc(F)cc3)c(O)c(=O)c2c1O. The predicted molar refractivity (Wildman–Crippen MR) is 119 cm³/mol. The van der Waals surface area contributed by atoms with E-state index in [9.17, 15) is 24.5 Å². The molecule has 0 unspecified atom stereocenters. The Bertz CT molecular complexity index is 1260. The van der Waals surface area contributed by atoms with Crippen molar-refractivity contribution in [3.8, 4) is 28.6 Å². The van der Waals surface area contributed by atoms with Crippen LogP contribution < -0.4 is 5.43 Å². The van der Waals surface area contributed by atoms with Crippen molar-refractivity contribution < 1.29 is 24.1 Å². The summed E-state index contributed by atoms with van der Waals surface area (Å²) in [6.07, 6.45) is 4.14. The quantitative estimate of drug-likeness (QED) is 0.455. The van der Waals surface area contributed by atoms with Crippen LogP contribution >= 0.6 is 0 Å². The molecule has 0 saturated carbocycles. The van der Waals surface area contributed by atoms with Crippen LogP contribution in [0.1, 0.15) is 38.8 Å². The van der Waals surface area contributed by atoms with Gasteiger partial charge in [-0.15, -0.1) is 0 Å². The summed E-state index contributed by atoms with van der Waals surface area (Å²) in [5.74, 6) is -1.93. The molecular weight excluding hydrogens is 399 g/mol. The van der Waals surface area contributed by atoms with Gasteiger partial charge in [0.15, 0.2) is 5.76 Å². The molecule has 0 radical (unpaired) electrons. The van der Waals surface area contributed by atoms with Gasteiger partial charge < -0.3 is 19.7 Å². The lowest BCUT2D eigenvalue weighted by atomic mass is 9.96. The molecule has 0 aliphatic heterocycles. The highest BCUT2D eigenvalue weighted by Crippen LogP contribution is 2.42. The zero-order chi connectivity index (χ0) is 22.9. The molecule has 162 valence electrons. The summed E-state index contributed by atoms with van der Waals surface area (Å²) in [4.78, 5) is 13.0. The molecule has 0 aliphatic rings. The van der Waals surface area contributed by atoms with Gasteiger partial charge in [-0.3, -0.25) is 4.79 Å². The maximum absolute atomic E-state index is 13.3. The van der Waals surface area contributed by atoms with E-state index in [0.717, 1.165) is 11.1 Å². The summed E-state index contributed by atoms with van der Waals surface area (Å²) in [5.41, 5.74) is 1.93. The van der Waals surface area contributed by atoms with Crippen molar-refractivity contribution in [2.24, 2.45) is 0 Å². The number of fused-ring (bicyclic) bond motifs is 1. The van der Waals surface area contributed by atoms with Crippen LogP contribution in [0.15, 0.2) is 56.8 Å². The van der Waals surface area contributed by atoms with Crippen LogP contribution in [-0.2, 0) is 12.8 Å². The zero-order valence-electron chi connectivity index (χ0n) is 17.9. The third kappa shape index (κ3) is 4.33. The summed E-state index contributed by atoms with van der Waals surface area (Å²) in [5, 5.41) is 32.1. The molecule has 3 N–H and O–H groups in total. The molecule has 0 spiro atoms. The number of phenolic OH excluding ortho intramolecular Hbond substituents is 2. The van der Waals surface area contributed by atoms with E-state index in [1.807, 2.05) is 39.8 Å². The number of benzene rings is 2. The van der Waals surface area contributed by atoms with Gasteiger partial charge in [0.2, 0.25) is 11.2 Å². The highest BCUT2D eigenvalue weighted by Gasteiger charge is 2.25. The van der Waals surface area contributed by atoms with Crippen LogP contribution in [0.25, 0.3) is 22.3 Å². The number of aromatic hydroxyl groups is 3. The Morgan fingerprint density at radius 2 is 1.42 bits per heavy atom. The van der Waals surface area contributed by atoms with Gasteiger partial charge in [0.25, 0.3) is 0 Å². The van der Waals surface area contributed by atoms with E-state index in [0.29, 0.717) is 11.1 Å². The molecule has 0 amide bonds. The average molecular weight is 424 g/mol. The fraction of sp³-hybridized carbons (Fsp3) is 0.240. The molecule has 2 aromatic carbocycles. The van der Waals surface area contributed by atoms with E-state index in [4.69, 9.17) is 4.42 Å². The Balaban J connectivity index is 2.42.